The molecule has 0 aromatic heterocycles. The van der Waals surface area contributed by atoms with Crippen molar-refractivity contribution < 1.29 is 32.3 Å². The normalized spacial score (nSPS) is 16.0. The lowest BCUT2D eigenvalue weighted by Gasteiger charge is -2.29. The maximum atomic E-state index is 13.5. The highest BCUT2D eigenvalue weighted by atomic mass is 19.4. The van der Waals surface area contributed by atoms with Crippen molar-refractivity contribution in [3.05, 3.63) is 23.8 Å². The number of ether oxygens (including phenoxy) is 1. The predicted octanol–water partition coefficient (Wildman–Crippen LogP) is 0.470. The van der Waals surface area contributed by atoms with E-state index in [-0.39, 0.29) is 37.7 Å². The van der Waals surface area contributed by atoms with Gasteiger partial charge in [-0.15, -0.1) is 0 Å². The SMILES string of the molecule is CC(=O)N[C@H](CN)C(=O)Nc1ccc(N2CCOCC2=O)c(C(F)(F)F)c1. The molecule has 1 atom stereocenters. The van der Waals surface area contributed by atoms with Crippen LogP contribution in [0.3, 0.4) is 0 Å². The Kier molecular flexibility index (Phi) is 6.39. The first-order valence-electron chi connectivity index (χ1n) is 8.01. The molecule has 1 fully saturated rings. The summed E-state index contributed by atoms with van der Waals surface area (Å²) in [5, 5.41) is 4.59. The molecule has 1 saturated heterocycles. The third-order valence-electron chi connectivity index (χ3n) is 3.78. The average molecular weight is 388 g/mol. The Morgan fingerprint density at radius 3 is 2.63 bits per heavy atom. The number of morpholine rings is 1. The van der Waals surface area contributed by atoms with E-state index in [4.69, 9.17) is 10.5 Å². The fraction of sp³-hybridized carbons (Fsp3) is 0.438. The van der Waals surface area contributed by atoms with Gasteiger partial charge >= 0.3 is 6.18 Å². The van der Waals surface area contributed by atoms with E-state index in [2.05, 4.69) is 10.6 Å². The fourth-order valence-electron chi connectivity index (χ4n) is 2.56. The minimum Gasteiger partial charge on any atom is -0.370 e. The number of nitrogens with zero attached hydrogens (tertiary/aromatic N) is 1. The van der Waals surface area contributed by atoms with Gasteiger partial charge in [0.25, 0.3) is 5.91 Å². The summed E-state index contributed by atoms with van der Waals surface area (Å²) in [5.41, 5.74) is 3.88. The number of rotatable bonds is 5. The quantitative estimate of drug-likeness (QED) is 0.679. The first kappa shape index (κ1) is 20.6. The van der Waals surface area contributed by atoms with E-state index in [1.807, 2.05) is 0 Å². The van der Waals surface area contributed by atoms with Crippen molar-refractivity contribution in [2.24, 2.45) is 5.73 Å². The number of halogens is 3. The molecule has 1 aromatic carbocycles. The predicted molar refractivity (Wildman–Crippen MR) is 89.9 cm³/mol. The first-order chi connectivity index (χ1) is 12.6. The van der Waals surface area contributed by atoms with Gasteiger partial charge < -0.3 is 26.0 Å². The van der Waals surface area contributed by atoms with Crippen LogP contribution in [-0.2, 0) is 25.3 Å². The molecule has 1 aliphatic rings. The number of nitrogens with two attached hydrogens (primary N) is 1. The molecular formula is C16H19F3N4O4. The molecule has 0 unspecified atom stereocenters. The Morgan fingerprint density at radius 1 is 1.37 bits per heavy atom. The third kappa shape index (κ3) is 5.17. The number of benzene rings is 1. The van der Waals surface area contributed by atoms with Crippen LogP contribution in [0.1, 0.15) is 12.5 Å². The van der Waals surface area contributed by atoms with Gasteiger partial charge in [0.1, 0.15) is 12.6 Å². The second kappa shape index (κ2) is 8.35. The Labute approximate surface area is 152 Å². The number of anilines is 2. The average Bonchev–Trinajstić information content (AvgIpc) is 2.59. The summed E-state index contributed by atoms with van der Waals surface area (Å²) in [6.07, 6.45) is -4.75. The summed E-state index contributed by atoms with van der Waals surface area (Å²) in [4.78, 5) is 36.0. The summed E-state index contributed by atoms with van der Waals surface area (Å²) in [5.74, 6) is -1.84. The van der Waals surface area contributed by atoms with E-state index < -0.39 is 35.5 Å². The number of amides is 3. The second-order valence-corrected chi connectivity index (χ2v) is 5.81. The topological polar surface area (TPSA) is 114 Å². The van der Waals surface area contributed by atoms with Crippen molar-refractivity contribution >= 4 is 29.1 Å². The third-order valence-corrected chi connectivity index (χ3v) is 3.78. The zero-order chi connectivity index (χ0) is 20.2. The molecule has 1 aliphatic heterocycles. The van der Waals surface area contributed by atoms with Gasteiger partial charge in [0.2, 0.25) is 11.8 Å². The summed E-state index contributed by atoms with van der Waals surface area (Å²) >= 11 is 0. The number of hydrogen-bond donors (Lipinski definition) is 3. The molecule has 0 spiro atoms. The molecule has 27 heavy (non-hydrogen) atoms. The van der Waals surface area contributed by atoms with Gasteiger partial charge in [-0.05, 0) is 18.2 Å². The maximum Gasteiger partial charge on any atom is 0.418 e. The van der Waals surface area contributed by atoms with Gasteiger partial charge in [-0.1, -0.05) is 0 Å². The Bertz CT molecular complexity index is 739. The van der Waals surface area contributed by atoms with Gasteiger partial charge in [0, 0.05) is 25.7 Å². The molecule has 0 aliphatic carbocycles. The molecule has 0 bridgehead atoms. The lowest BCUT2D eigenvalue weighted by Crippen LogP contribution is -2.47. The van der Waals surface area contributed by atoms with Crippen molar-refractivity contribution in [3.8, 4) is 0 Å². The van der Waals surface area contributed by atoms with Crippen LogP contribution in [0.15, 0.2) is 18.2 Å². The molecular weight excluding hydrogens is 369 g/mol. The van der Waals surface area contributed by atoms with E-state index in [1.165, 1.54) is 13.0 Å². The van der Waals surface area contributed by atoms with E-state index >= 15 is 0 Å². The molecule has 1 aromatic rings. The first-order valence-corrected chi connectivity index (χ1v) is 8.01. The molecule has 8 nitrogen and oxygen atoms in total. The molecule has 148 valence electrons. The maximum absolute atomic E-state index is 13.5. The molecule has 3 amide bonds. The van der Waals surface area contributed by atoms with Crippen LogP contribution in [0, 0.1) is 0 Å². The summed E-state index contributed by atoms with van der Waals surface area (Å²) in [7, 11) is 0. The van der Waals surface area contributed by atoms with Crippen molar-refractivity contribution in [1.29, 1.82) is 0 Å². The summed E-state index contributed by atoms with van der Waals surface area (Å²) in [6.45, 7) is 0.774. The van der Waals surface area contributed by atoms with E-state index in [1.54, 1.807) is 0 Å². The van der Waals surface area contributed by atoms with Crippen LogP contribution < -0.4 is 21.3 Å². The van der Waals surface area contributed by atoms with Crippen LogP contribution in [0.4, 0.5) is 24.5 Å². The zero-order valence-corrected chi connectivity index (χ0v) is 14.4. The number of alkyl halides is 3. The molecule has 4 N–H and O–H groups in total. The minimum absolute atomic E-state index is 0.00853. The van der Waals surface area contributed by atoms with Crippen LogP contribution in [0.2, 0.25) is 0 Å². The molecule has 1 heterocycles. The van der Waals surface area contributed by atoms with E-state index in [0.717, 1.165) is 17.0 Å². The number of hydrogen-bond acceptors (Lipinski definition) is 5. The van der Waals surface area contributed by atoms with Crippen LogP contribution >= 0.6 is 0 Å². The van der Waals surface area contributed by atoms with E-state index in [0.29, 0.717) is 0 Å². The minimum atomic E-state index is -4.75. The Balaban J connectivity index is 2.31. The highest BCUT2D eigenvalue weighted by Crippen LogP contribution is 2.38. The Morgan fingerprint density at radius 2 is 2.07 bits per heavy atom. The number of carbonyl (C=O) groups is 3. The van der Waals surface area contributed by atoms with Crippen LogP contribution in [0.5, 0.6) is 0 Å². The van der Waals surface area contributed by atoms with Gasteiger partial charge in [-0.3, -0.25) is 14.4 Å². The van der Waals surface area contributed by atoms with Crippen molar-refractivity contribution in [2.45, 2.75) is 19.1 Å². The largest absolute Gasteiger partial charge is 0.418 e. The number of carbonyl (C=O) groups excluding carboxylic acids is 3. The highest BCUT2D eigenvalue weighted by molar-refractivity contribution is 5.99. The van der Waals surface area contributed by atoms with Crippen molar-refractivity contribution in [2.75, 3.05) is 36.5 Å². The summed E-state index contributed by atoms with van der Waals surface area (Å²) in [6, 6.07) is 2.00. The van der Waals surface area contributed by atoms with Crippen LogP contribution in [-0.4, -0.2) is 50.1 Å². The molecule has 0 radical (unpaired) electrons. The lowest BCUT2D eigenvalue weighted by molar-refractivity contribution is -0.137. The van der Waals surface area contributed by atoms with Gasteiger partial charge in [-0.2, -0.15) is 13.2 Å². The number of nitrogens with one attached hydrogen (secondary N) is 2. The molecule has 11 heteroatoms. The van der Waals surface area contributed by atoms with Gasteiger partial charge in [-0.25, -0.2) is 0 Å². The standard InChI is InChI=1S/C16H19F3N4O4/c1-9(24)21-12(7-20)15(26)22-10-2-3-13(11(6-10)16(17,18)19)23-4-5-27-8-14(23)25/h2-3,6,12H,4-5,7-8,20H2,1H3,(H,21,24)(H,22,26)/t12-/m1/s1. The smallest absolute Gasteiger partial charge is 0.370 e. The van der Waals surface area contributed by atoms with Crippen molar-refractivity contribution in [1.82, 2.24) is 5.32 Å². The van der Waals surface area contributed by atoms with Crippen LogP contribution in [0.25, 0.3) is 0 Å². The molecule has 2 rings (SSSR count). The van der Waals surface area contributed by atoms with Gasteiger partial charge in [0.05, 0.1) is 17.9 Å². The van der Waals surface area contributed by atoms with E-state index in [9.17, 15) is 27.6 Å². The van der Waals surface area contributed by atoms with Crippen molar-refractivity contribution in [3.63, 3.8) is 0 Å². The second-order valence-electron chi connectivity index (χ2n) is 5.81. The highest BCUT2D eigenvalue weighted by Gasteiger charge is 2.37. The fourth-order valence-corrected chi connectivity index (χ4v) is 2.56. The molecule has 0 saturated carbocycles. The summed E-state index contributed by atoms with van der Waals surface area (Å²) < 4.78 is 45.4. The lowest BCUT2D eigenvalue weighted by atomic mass is 10.1. The monoisotopic (exact) mass is 388 g/mol. The zero-order valence-electron chi connectivity index (χ0n) is 14.4. The Hall–Kier alpha value is -2.66. The van der Waals surface area contributed by atoms with Gasteiger partial charge in [0.15, 0.2) is 0 Å².